The summed E-state index contributed by atoms with van der Waals surface area (Å²) in [6.45, 7) is 8.04. The lowest BCUT2D eigenvalue weighted by Gasteiger charge is -2.29. The molecular formula is C18H24N4O2. The topological polar surface area (TPSA) is 68.1 Å². The largest absolute Gasteiger partial charge is 0.335 e. The van der Waals surface area contributed by atoms with Gasteiger partial charge in [0.1, 0.15) is 5.78 Å². The standard InChI is InChI=1S/C18H24N4O2/c1-5-10-21(14(3)12-15(4)23)18(24)16-11-13(2)6-7-17(16)22-19-8-9-20-22/h6-9,11,14H,5,10,12H2,1-4H3. The van der Waals surface area contributed by atoms with Gasteiger partial charge < -0.3 is 4.90 Å². The Morgan fingerprint density at radius 1 is 1.25 bits per heavy atom. The van der Waals surface area contributed by atoms with Gasteiger partial charge in [0.15, 0.2) is 0 Å². The number of carbonyl (C=O) groups excluding carboxylic acids is 2. The molecule has 0 spiro atoms. The molecule has 128 valence electrons. The highest BCUT2D eigenvalue weighted by atomic mass is 16.2. The molecule has 0 saturated carbocycles. The van der Waals surface area contributed by atoms with Gasteiger partial charge in [-0.05, 0) is 39.3 Å². The van der Waals surface area contributed by atoms with Crippen molar-refractivity contribution in [2.24, 2.45) is 0 Å². The SMILES string of the molecule is CCCN(C(=O)c1cc(C)ccc1-n1nccn1)C(C)CC(C)=O. The zero-order chi connectivity index (χ0) is 17.7. The Kier molecular flexibility index (Phi) is 5.84. The van der Waals surface area contributed by atoms with Gasteiger partial charge in [-0.15, -0.1) is 0 Å². The number of hydrogen-bond donors (Lipinski definition) is 0. The van der Waals surface area contributed by atoms with E-state index >= 15 is 0 Å². The number of aryl methyl sites for hydroxylation is 1. The summed E-state index contributed by atoms with van der Waals surface area (Å²) in [6.07, 6.45) is 4.34. The van der Waals surface area contributed by atoms with E-state index in [4.69, 9.17) is 0 Å². The molecule has 1 heterocycles. The fraction of sp³-hybridized carbons (Fsp3) is 0.444. The highest BCUT2D eigenvalue weighted by Crippen LogP contribution is 2.20. The third-order valence-electron chi connectivity index (χ3n) is 3.86. The summed E-state index contributed by atoms with van der Waals surface area (Å²) in [6, 6.07) is 5.49. The summed E-state index contributed by atoms with van der Waals surface area (Å²) >= 11 is 0. The highest BCUT2D eigenvalue weighted by molar-refractivity contribution is 5.98. The molecule has 0 aliphatic carbocycles. The normalized spacial score (nSPS) is 12.0. The third kappa shape index (κ3) is 4.07. The highest BCUT2D eigenvalue weighted by Gasteiger charge is 2.25. The second-order valence-electron chi connectivity index (χ2n) is 6.09. The van der Waals surface area contributed by atoms with Gasteiger partial charge in [0, 0.05) is 19.0 Å². The van der Waals surface area contributed by atoms with Crippen molar-refractivity contribution < 1.29 is 9.59 Å². The van der Waals surface area contributed by atoms with Crippen molar-refractivity contribution in [2.45, 2.75) is 46.6 Å². The monoisotopic (exact) mass is 328 g/mol. The minimum absolute atomic E-state index is 0.0783. The average molecular weight is 328 g/mol. The smallest absolute Gasteiger partial charge is 0.256 e. The van der Waals surface area contributed by atoms with Crippen molar-refractivity contribution in [3.63, 3.8) is 0 Å². The zero-order valence-electron chi connectivity index (χ0n) is 14.7. The second-order valence-corrected chi connectivity index (χ2v) is 6.09. The van der Waals surface area contributed by atoms with Crippen LogP contribution in [-0.2, 0) is 4.79 Å². The summed E-state index contributed by atoms with van der Waals surface area (Å²) in [7, 11) is 0. The van der Waals surface area contributed by atoms with Crippen LogP contribution in [0.1, 0.15) is 49.5 Å². The molecule has 1 amide bonds. The molecule has 2 aromatic rings. The molecule has 0 aliphatic heterocycles. The molecule has 24 heavy (non-hydrogen) atoms. The number of nitrogens with zero attached hydrogens (tertiary/aromatic N) is 4. The first-order chi connectivity index (χ1) is 11.4. The van der Waals surface area contributed by atoms with E-state index in [9.17, 15) is 9.59 Å². The Bertz CT molecular complexity index is 710. The molecule has 2 rings (SSSR count). The van der Waals surface area contributed by atoms with Crippen LogP contribution in [0.2, 0.25) is 0 Å². The Hall–Kier alpha value is -2.50. The Morgan fingerprint density at radius 3 is 2.50 bits per heavy atom. The fourth-order valence-corrected chi connectivity index (χ4v) is 2.78. The first-order valence-corrected chi connectivity index (χ1v) is 8.21. The van der Waals surface area contributed by atoms with Gasteiger partial charge in [-0.3, -0.25) is 9.59 Å². The van der Waals surface area contributed by atoms with Gasteiger partial charge in [-0.25, -0.2) is 0 Å². The van der Waals surface area contributed by atoms with Crippen molar-refractivity contribution in [3.8, 4) is 5.69 Å². The van der Waals surface area contributed by atoms with Crippen LogP contribution in [0.25, 0.3) is 5.69 Å². The molecule has 0 radical (unpaired) electrons. The molecule has 0 aliphatic rings. The average Bonchev–Trinajstić information content (AvgIpc) is 3.05. The molecule has 1 aromatic heterocycles. The third-order valence-corrected chi connectivity index (χ3v) is 3.86. The molecular weight excluding hydrogens is 304 g/mol. The Morgan fingerprint density at radius 2 is 1.92 bits per heavy atom. The first-order valence-electron chi connectivity index (χ1n) is 8.21. The summed E-state index contributed by atoms with van der Waals surface area (Å²) in [5.41, 5.74) is 2.19. The maximum atomic E-state index is 13.2. The lowest BCUT2D eigenvalue weighted by molar-refractivity contribution is -0.117. The summed E-state index contributed by atoms with van der Waals surface area (Å²) < 4.78 is 0. The number of benzene rings is 1. The van der Waals surface area contributed by atoms with E-state index in [0.29, 0.717) is 24.2 Å². The van der Waals surface area contributed by atoms with Crippen molar-refractivity contribution in [2.75, 3.05) is 6.54 Å². The zero-order valence-corrected chi connectivity index (χ0v) is 14.7. The molecule has 0 N–H and O–H groups in total. The Balaban J connectivity index is 2.42. The number of aromatic nitrogens is 3. The van der Waals surface area contributed by atoms with Gasteiger partial charge in [0.05, 0.1) is 23.6 Å². The van der Waals surface area contributed by atoms with Crippen LogP contribution in [0.4, 0.5) is 0 Å². The lowest BCUT2D eigenvalue weighted by atomic mass is 10.1. The van der Waals surface area contributed by atoms with Crippen molar-refractivity contribution in [1.82, 2.24) is 19.9 Å². The van der Waals surface area contributed by atoms with Gasteiger partial charge in [-0.1, -0.05) is 18.6 Å². The van der Waals surface area contributed by atoms with E-state index in [-0.39, 0.29) is 17.7 Å². The van der Waals surface area contributed by atoms with Gasteiger partial charge in [-0.2, -0.15) is 15.0 Å². The first kappa shape index (κ1) is 17.8. The van der Waals surface area contributed by atoms with Crippen molar-refractivity contribution in [1.29, 1.82) is 0 Å². The van der Waals surface area contributed by atoms with Crippen LogP contribution in [0.5, 0.6) is 0 Å². The van der Waals surface area contributed by atoms with E-state index < -0.39 is 0 Å². The Labute approximate surface area is 142 Å². The molecule has 0 saturated heterocycles. The number of rotatable bonds is 7. The van der Waals surface area contributed by atoms with Crippen molar-refractivity contribution >= 4 is 11.7 Å². The van der Waals surface area contributed by atoms with E-state index in [1.165, 1.54) is 4.80 Å². The number of hydrogen-bond acceptors (Lipinski definition) is 4. The van der Waals surface area contributed by atoms with Crippen LogP contribution in [-0.4, -0.2) is 44.2 Å². The van der Waals surface area contributed by atoms with E-state index in [1.807, 2.05) is 39.0 Å². The molecule has 0 bridgehead atoms. The molecule has 1 unspecified atom stereocenters. The van der Waals surface area contributed by atoms with E-state index in [0.717, 1.165) is 12.0 Å². The fourth-order valence-electron chi connectivity index (χ4n) is 2.78. The van der Waals surface area contributed by atoms with Crippen LogP contribution in [0.3, 0.4) is 0 Å². The van der Waals surface area contributed by atoms with Crippen molar-refractivity contribution in [3.05, 3.63) is 41.7 Å². The van der Waals surface area contributed by atoms with Gasteiger partial charge in [0.2, 0.25) is 0 Å². The minimum Gasteiger partial charge on any atom is -0.335 e. The quantitative estimate of drug-likeness (QED) is 0.784. The van der Waals surface area contributed by atoms with E-state index in [1.54, 1.807) is 24.2 Å². The van der Waals surface area contributed by atoms with Crippen LogP contribution in [0.15, 0.2) is 30.6 Å². The minimum atomic E-state index is -0.145. The number of amides is 1. The molecule has 6 heteroatoms. The van der Waals surface area contributed by atoms with Gasteiger partial charge in [0.25, 0.3) is 5.91 Å². The summed E-state index contributed by atoms with van der Waals surface area (Å²) in [5, 5.41) is 8.28. The molecule has 1 aromatic carbocycles. The number of carbonyl (C=O) groups is 2. The van der Waals surface area contributed by atoms with Crippen LogP contribution < -0.4 is 0 Å². The molecule has 6 nitrogen and oxygen atoms in total. The predicted octanol–water partition coefficient (Wildman–Crippen LogP) is 2.80. The predicted molar refractivity (Wildman–Crippen MR) is 92.2 cm³/mol. The number of ketones is 1. The lowest BCUT2D eigenvalue weighted by Crippen LogP contribution is -2.40. The summed E-state index contributed by atoms with van der Waals surface area (Å²) in [5.74, 6) is -0.0174. The maximum absolute atomic E-state index is 13.2. The molecule has 0 fully saturated rings. The number of Topliss-reactive ketones (excluding diaryl/α,β-unsaturated/α-hetero) is 1. The van der Waals surface area contributed by atoms with Crippen LogP contribution >= 0.6 is 0 Å². The second kappa shape index (κ2) is 7.86. The van der Waals surface area contributed by atoms with Crippen LogP contribution in [0, 0.1) is 6.92 Å². The van der Waals surface area contributed by atoms with E-state index in [2.05, 4.69) is 10.2 Å². The molecule has 1 atom stereocenters. The maximum Gasteiger partial charge on any atom is 0.256 e. The summed E-state index contributed by atoms with van der Waals surface area (Å²) in [4.78, 5) is 27.9. The van der Waals surface area contributed by atoms with Gasteiger partial charge >= 0.3 is 0 Å².